The molecule has 1 amide bonds. The molecule has 144 valence electrons. The lowest BCUT2D eigenvalue weighted by Gasteiger charge is -2.23. The molecule has 3 heterocycles. The van der Waals surface area contributed by atoms with Crippen LogP contribution in [0.3, 0.4) is 0 Å². The number of halogens is 1. The van der Waals surface area contributed by atoms with Gasteiger partial charge in [-0.2, -0.15) is 5.10 Å². The number of carbonyl (C=O) groups is 1. The summed E-state index contributed by atoms with van der Waals surface area (Å²) in [5.74, 6) is -0.269. The number of nitrogens with zero attached hydrogens (tertiary/aromatic N) is 4. The summed E-state index contributed by atoms with van der Waals surface area (Å²) in [5, 5.41) is 4.57. The van der Waals surface area contributed by atoms with Gasteiger partial charge in [-0.1, -0.05) is 13.3 Å². The molecule has 3 aromatic rings. The summed E-state index contributed by atoms with van der Waals surface area (Å²) in [4.78, 5) is 19.6. The first-order valence-electron chi connectivity index (χ1n) is 9.58. The van der Waals surface area contributed by atoms with Gasteiger partial charge >= 0.3 is 0 Å². The summed E-state index contributed by atoms with van der Waals surface area (Å²) >= 11 is 0. The number of hydrogen-bond acceptors (Lipinski definition) is 3. The molecule has 4 rings (SSSR count). The van der Waals surface area contributed by atoms with Gasteiger partial charge in [0.1, 0.15) is 11.5 Å². The minimum Gasteiger partial charge on any atom is -0.330 e. The quantitative estimate of drug-likeness (QED) is 0.660. The summed E-state index contributed by atoms with van der Waals surface area (Å²) in [6.07, 6.45) is 5.64. The molecule has 0 fully saturated rings. The summed E-state index contributed by atoms with van der Waals surface area (Å²) < 4.78 is 15.1. The van der Waals surface area contributed by atoms with Crippen LogP contribution < -0.4 is 0 Å². The average molecular weight is 378 g/mol. The molecule has 0 spiro atoms. The van der Waals surface area contributed by atoms with Crippen molar-refractivity contribution < 1.29 is 9.18 Å². The topological polar surface area (TPSA) is 51.0 Å². The standard InChI is InChI=1S/C22H23FN4O/c1-4-5-14(2)27-13-19-20(22(27)28)17(10-11-24-19)18-12-26(3)25-21(18)15-6-8-16(23)9-7-15/h6-12,14H,4-5,13H2,1-3H3. The Morgan fingerprint density at radius 1 is 1.18 bits per heavy atom. The third-order valence-electron chi connectivity index (χ3n) is 5.30. The Morgan fingerprint density at radius 3 is 2.64 bits per heavy atom. The maximum atomic E-state index is 13.4. The van der Waals surface area contributed by atoms with E-state index in [4.69, 9.17) is 0 Å². The number of rotatable bonds is 5. The lowest BCUT2D eigenvalue weighted by atomic mass is 9.97. The molecule has 1 atom stereocenters. The zero-order valence-corrected chi connectivity index (χ0v) is 16.3. The molecule has 0 aliphatic carbocycles. The van der Waals surface area contributed by atoms with E-state index >= 15 is 0 Å². The van der Waals surface area contributed by atoms with Crippen molar-refractivity contribution in [3.05, 3.63) is 59.8 Å². The van der Waals surface area contributed by atoms with E-state index in [-0.39, 0.29) is 17.8 Å². The van der Waals surface area contributed by atoms with Crippen molar-refractivity contribution in [2.45, 2.75) is 39.3 Å². The normalized spacial score (nSPS) is 14.4. The fourth-order valence-corrected chi connectivity index (χ4v) is 3.90. The van der Waals surface area contributed by atoms with Crippen molar-refractivity contribution in [1.82, 2.24) is 19.7 Å². The van der Waals surface area contributed by atoms with Gasteiger partial charge in [0.2, 0.25) is 0 Å². The number of hydrogen-bond donors (Lipinski definition) is 0. The predicted molar refractivity (Wildman–Crippen MR) is 106 cm³/mol. The van der Waals surface area contributed by atoms with E-state index in [2.05, 4.69) is 23.9 Å². The Morgan fingerprint density at radius 2 is 1.93 bits per heavy atom. The minimum absolute atomic E-state index is 0.0213. The van der Waals surface area contributed by atoms with Crippen molar-refractivity contribution in [2.75, 3.05) is 0 Å². The molecule has 0 bridgehead atoms. The van der Waals surface area contributed by atoms with Crippen molar-refractivity contribution >= 4 is 5.91 Å². The molecular weight excluding hydrogens is 355 g/mol. The van der Waals surface area contributed by atoms with Gasteiger partial charge in [-0.15, -0.1) is 0 Å². The molecule has 2 aromatic heterocycles. The maximum Gasteiger partial charge on any atom is 0.257 e. The van der Waals surface area contributed by atoms with E-state index in [1.807, 2.05) is 24.2 Å². The summed E-state index contributed by atoms with van der Waals surface area (Å²) in [6.45, 7) is 4.74. The Kier molecular flexibility index (Phi) is 4.71. The van der Waals surface area contributed by atoms with Crippen molar-refractivity contribution in [3.63, 3.8) is 0 Å². The highest BCUT2D eigenvalue weighted by Crippen LogP contribution is 2.37. The van der Waals surface area contributed by atoms with Crippen LogP contribution in [0.15, 0.2) is 42.7 Å². The van der Waals surface area contributed by atoms with Gasteiger partial charge in [0.15, 0.2) is 0 Å². The highest BCUT2D eigenvalue weighted by Gasteiger charge is 2.34. The van der Waals surface area contributed by atoms with Crippen LogP contribution in [0.1, 0.15) is 42.7 Å². The first-order valence-corrected chi connectivity index (χ1v) is 9.58. The van der Waals surface area contributed by atoms with E-state index < -0.39 is 0 Å². The number of aryl methyl sites for hydroxylation is 1. The first-order chi connectivity index (χ1) is 13.5. The Bertz CT molecular complexity index is 1030. The van der Waals surface area contributed by atoms with E-state index in [0.717, 1.165) is 40.9 Å². The van der Waals surface area contributed by atoms with E-state index in [0.29, 0.717) is 12.1 Å². The van der Waals surface area contributed by atoms with Crippen molar-refractivity contribution in [2.24, 2.45) is 7.05 Å². The summed E-state index contributed by atoms with van der Waals surface area (Å²) in [5.41, 5.74) is 4.67. The first kappa shape index (κ1) is 18.3. The fraction of sp³-hybridized carbons (Fsp3) is 0.318. The molecule has 5 nitrogen and oxygen atoms in total. The average Bonchev–Trinajstić information content (AvgIpc) is 3.23. The third-order valence-corrected chi connectivity index (χ3v) is 5.30. The smallest absolute Gasteiger partial charge is 0.257 e. The maximum absolute atomic E-state index is 13.4. The van der Waals surface area contributed by atoms with Crippen LogP contribution in [0.25, 0.3) is 22.4 Å². The highest BCUT2D eigenvalue weighted by molar-refractivity contribution is 6.05. The van der Waals surface area contributed by atoms with Crippen LogP contribution >= 0.6 is 0 Å². The van der Waals surface area contributed by atoms with Gasteiger partial charge in [-0.3, -0.25) is 14.5 Å². The monoisotopic (exact) mass is 378 g/mol. The molecule has 0 radical (unpaired) electrons. The second-order valence-electron chi connectivity index (χ2n) is 7.32. The van der Waals surface area contributed by atoms with Gasteiger partial charge < -0.3 is 4.90 Å². The zero-order valence-electron chi connectivity index (χ0n) is 16.3. The highest BCUT2D eigenvalue weighted by atomic mass is 19.1. The van der Waals surface area contributed by atoms with Crippen molar-refractivity contribution in [1.29, 1.82) is 0 Å². The van der Waals surface area contributed by atoms with Gasteiger partial charge in [-0.25, -0.2) is 4.39 Å². The predicted octanol–water partition coefficient (Wildman–Crippen LogP) is 4.43. The molecule has 28 heavy (non-hydrogen) atoms. The Labute approximate surface area is 163 Å². The zero-order chi connectivity index (χ0) is 19.8. The second kappa shape index (κ2) is 7.19. The molecule has 1 aromatic carbocycles. The van der Waals surface area contributed by atoms with Crippen LogP contribution in [-0.2, 0) is 13.6 Å². The number of amides is 1. The Balaban J connectivity index is 1.81. The summed E-state index contributed by atoms with van der Waals surface area (Å²) in [7, 11) is 1.84. The largest absolute Gasteiger partial charge is 0.330 e. The molecule has 1 aliphatic rings. The number of fused-ring (bicyclic) bond motifs is 1. The fourth-order valence-electron chi connectivity index (χ4n) is 3.90. The molecule has 0 saturated carbocycles. The lowest BCUT2D eigenvalue weighted by molar-refractivity contribution is 0.0708. The van der Waals surface area contributed by atoms with E-state index in [1.165, 1.54) is 12.1 Å². The SMILES string of the molecule is CCCC(C)N1Cc2nccc(-c3cn(C)nc3-c3ccc(F)cc3)c2C1=O. The van der Waals surface area contributed by atoms with Gasteiger partial charge in [-0.05, 0) is 43.7 Å². The molecule has 0 saturated heterocycles. The van der Waals surface area contributed by atoms with Gasteiger partial charge in [0, 0.05) is 42.2 Å². The lowest BCUT2D eigenvalue weighted by Crippen LogP contribution is -2.33. The van der Waals surface area contributed by atoms with Crippen LogP contribution in [0.2, 0.25) is 0 Å². The number of pyridine rings is 1. The van der Waals surface area contributed by atoms with Gasteiger partial charge in [0.05, 0.1) is 17.8 Å². The second-order valence-corrected chi connectivity index (χ2v) is 7.32. The van der Waals surface area contributed by atoms with Crippen LogP contribution in [0.4, 0.5) is 4.39 Å². The van der Waals surface area contributed by atoms with Gasteiger partial charge in [0.25, 0.3) is 5.91 Å². The van der Waals surface area contributed by atoms with Crippen LogP contribution in [0.5, 0.6) is 0 Å². The number of aromatic nitrogens is 3. The molecule has 6 heteroatoms. The Hall–Kier alpha value is -3.02. The summed E-state index contributed by atoms with van der Waals surface area (Å²) in [6, 6.07) is 8.30. The molecule has 0 N–H and O–H groups in total. The molecular formula is C22H23FN4O. The van der Waals surface area contributed by atoms with Crippen LogP contribution in [0, 0.1) is 5.82 Å². The van der Waals surface area contributed by atoms with E-state index in [1.54, 1.807) is 23.0 Å². The number of benzene rings is 1. The molecule has 1 unspecified atom stereocenters. The number of carbonyl (C=O) groups excluding carboxylic acids is 1. The minimum atomic E-state index is -0.290. The third kappa shape index (κ3) is 3.09. The van der Waals surface area contributed by atoms with Crippen LogP contribution in [-0.4, -0.2) is 31.6 Å². The van der Waals surface area contributed by atoms with E-state index in [9.17, 15) is 9.18 Å². The molecule has 1 aliphatic heterocycles. The van der Waals surface area contributed by atoms with Crippen molar-refractivity contribution in [3.8, 4) is 22.4 Å².